The van der Waals surface area contributed by atoms with Gasteiger partial charge in [0.2, 0.25) is 5.91 Å². The summed E-state index contributed by atoms with van der Waals surface area (Å²) in [5, 5.41) is 8.90. The normalized spacial score (nSPS) is 29.3. The van der Waals surface area contributed by atoms with Crippen molar-refractivity contribution >= 4 is 5.91 Å². The second-order valence-electron chi connectivity index (χ2n) is 4.55. The van der Waals surface area contributed by atoms with Gasteiger partial charge in [-0.1, -0.05) is 0 Å². The van der Waals surface area contributed by atoms with Crippen LogP contribution in [0.4, 0.5) is 0 Å². The largest absolute Gasteiger partial charge is 0.378 e. The summed E-state index contributed by atoms with van der Waals surface area (Å²) in [6, 6.07) is 2.01. The van der Waals surface area contributed by atoms with Crippen LogP contribution in [0.3, 0.4) is 0 Å². The molecule has 0 bridgehead atoms. The maximum atomic E-state index is 11.9. The molecule has 2 fully saturated rings. The van der Waals surface area contributed by atoms with E-state index in [1.807, 2.05) is 0 Å². The van der Waals surface area contributed by atoms with Crippen LogP contribution in [-0.4, -0.2) is 36.1 Å². The Balaban J connectivity index is 1.76. The molecular formula is C12H18N2O2. The van der Waals surface area contributed by atoms with Crippen molar-refractivity contribution in [2.24, 2.45) is 0 Å². The van der Waals surface area contributed by atoms with Crippen LogP contribution < -0.4 is 0 Å². The van der Waals surface area contributed by atoms with Crippen molar-refractivity contribution in [1.29, 1.82) is 5.26 Å². The number of amides is 1. The van der Waals surface area contributed by atoms with Gasteiger partial charge in [0.15, 0.2) is 0 Å². The van der Waals surface area contributed by atoms with Crippen LogP contribution in [0.5, 0.6) is 0 Å². The number of carbonyl (C=O) groups excluding carboxylic acids is 1. The summed E-state index contributed by atoms with van der Waals surface area (Å²) in [6.45, 7) is 1.59. The van der Waals surface area contributed by atoms with E-state index in [2.05, 4.69) is 6.07 Å². The molecule has 0 spiro atoms. The second-order valence-corrected chi connectivity index (χ2v) is 4.55. The van der Waals surface area contributed by atoms with Crippen molar-refractivity contribution < 1.29 is 9.53 Å². The molecule has 0 saturated carbocycles. The predicted octanol–water partition coefficient (Wildman–Crippen LogP) is 1.46. The molecule has 2 aliphatic heterocycles. The minimum absolute atomic E-state index is 0.125. The summed E-state index contributed by atoms with van der Waals surface area (Å²) in [5.74, 6) is 0.125. The average Bonchev–Trinajstić information content (AvgIpc) is 2.96. The van der Waals surface area contributed by atoms with Gasteiger partial charge in [-0.05, 0) is 32.1 Å². The molecule has 2 aliphatic rings. The van der Waals surface area contributed by atoms with Gasteiger partial charge in [-0.2, -0.15) is 5.26 Å². The summed E-state index contributed by atoms with van der Waals surface area (Å²) in [5.41, 5.74) is 0. The van der Waals surface area contributed by atoms with E-state index in [-0.39, 0.29) is 18.1 Å². The highest BCUT2D eigenvalue weighted by atomic mass is 16.5. The SMILES string of the molecule is N#CC1CCCN1C(=O)CCC1CCCO1. The summed E-state index contributed by atoms with van der Waals surface area (Å²) >= 11 is 0. The molecule has 2 saturated heterocycles. The van der Waals surface area contributed by atoms with Crippen molar-refractivity contribution in [3.05, 3.63) is 0 Å². The fraction of sp³-hybridized carbons (Fsp3) is 0.833. The maximum Gasteiger partial charge on any atom is 0.223 e. The van der Waals surface area contributed by atoms with Crippen molar-refractivity contribution in [3.63, 3.8) is 0 Å². The molecule has 2 heterocycles. The first-order valence-electron chi connectivity index (χ1n) is 6.12. The lowest BCUT2D eigenvalue weighted by molar-refractivity contribution is -0.131. The lowest BCUT2D eigenvalue weighted by Gasteiger charge is -2.20. The van der Waals surface area contributed by atoms with Gasteiger partial charge in [-0.15, -0.1) is 0 Å². The average molecular weight is 222 g/mol. The highest BCUT2D eigenvalue weighted by molar-refractivity contribution is 5.77. The monoisotopic (exact) mass is 222 g/mol. The van der Waals surface area contributed by atoms with Crippen LogP contribution in [0.2, 0.25) is 0 Å². The third kappa shape index (κ3) is 2.53. The number of nitrogens with zero attached hydrogens (tertiary/aromatic N) is 2. The van der Waals surface area contributed by atoms with Gasteiger partial charge in [-0.25, -0.2) is 0 Å². The van der Waals surface area contributed by atoms with Gasteiger partial charge in [0.25, 0.3) is 0 Å². The fourth-order valence-electron chi connectivity index (χ4n) is 2.50. The number of nitriles is 1. The molecule has 16 heavy (non-hydrogen) atoms. The zero-order chi connectivity index (χ0) is 11.4. The van der Waals surface area contributed by atoms with E-state index in [9.17, 15) is 4.79 Å². The smallest absolute Gasteiger partial charge is 0.223 e. The van der Waals surface area contributed by atoms with E-state index in [0.717, 1.165) is 45.3 Å². The summed E-state index contributed by atoms with van der Waals surface area (Å²) in [6.07, 6.45) is 5.60. The van der Waals surface area contributed by atoms with E-state index < -0.39 is 0 Å². The second kappa shape index (κ2) is 5.31. The molecule has 4 nitrogen and oxygen atoms in total. The summed E-state index contributed by atoms with van der Waals surface area (Å²) in [4.78, 5) is 13.6. The predicted molar refractivity (Wildman–Crippen MR) is 58.6 cm³/mol. The fourth-order valence-corrected chi connectivity index (χ4v) is 2.50. The quantitative estimate of drug-likeness (QED) is 0.726. The molecule has 0 aromatic carbocycles. The number of hydrogen-bond acceptors (Lipinski definition) is 3. The van der Waals surface area contributed by atoms with Gasteiger partial charge in [-0.3, -0.25) is 4.79 Å². The van der Waals surface area contributed by atoms with Gasteiger partial charge in [0.05, 0.1) is 12.2 Å². The molecule has 0 radical (unpaired) electrons. The molecule has 2 atom stereocenters. The van der Waals surface area contributed by atoms with Gasteiger partial charge in [0, 0.05) is 19.6 Å². The van der Waals surface area contributed by atoms with E-state index in [4.69, 9.17) is 10.00 Å². The summed E-state index contributed by atoms with van der Waals surface area (Å²) < 4.78 is 5.48. The van der Waals surface area contributed by atoms with Crippen molar-refractivity contribution in [3.8, 4) is 6.07 Å². The Morgan fingerprint density at radius 1 is 1.44 bits per heavy atom. The molecule has 4 heteroatoms. The zero-order valence-electron chi connectivity index (χ0n) is 9.52. The Bertz CT molecular complexity index is 292. The van der Waals surface area contributed by atoms with Gasteiger partial charge in [0.1, 0.15) is 6.04 Å². The van der Waals surface area contributed by atoms with E-state index in [1.54, 1.807) is 4.90 Å². The van der Waals surface area contributed by atoms with Crippen LogP contribution in [0.25, 0.3) is 0 Å². The summed E-state index contributed by atoms with van der Waals surface area (Å²) in [7, 11) is 0. The third-order valence-corrected chi connectivity index (χ3v) is 3.43. The van der Waals surface area contributed by atoms with Crippen LogP contribution in [-0.2, 0) is 9.53 Å². The van der Waals surface area contributed by atoms with Gasteiger partial charge >= 0.3 is 0 Å². The van der Waals surface area contributed by atoms with E-state index in [1.165, 1.54) is 0 Å². The highest BCUT2D eigenvalue weighted by Gasteiger charge is 2.28. The topological polar surface area (TPSA) is 53.3 Å². The standard InChI is InChI=1S/C12H18N2O2/c13-9-10-3-1-7-14(10)12(15)6-5-11-4-2-8-16-11/h10-11H,1-8H2. The molecule has 0 aromatic heterocycles. The highest BCUT2D eigenvalue weighted by Crippen LogP contribution is 2.21. The van der Waals surface area contributed by atoms with Crippen molar-refractivity contribution in [2.45, 2.75) is 50.7 Å². The molecule has 1 amide bonds. The van der Waals surface area contributed by atoms with Crippen molar-refractivity contribution in [1.82, 2.24) is 4.90 Å². The van der Waals surface area contributed by atoms with Crippen LogP contribution in [0, 0.1) is 11.3 Å². The van der Waals surface area contributed by atoms with Crippen molar-refractivity contribution in [2.75, 3.05) is 13.2 Å². The Hall–Kier alpha value is -1.08. The van der Waals surface area contributed by atoms with E-state index >= 15 is 0 Å². The first-order valence-corrected chi connectivity index (χ1v) is 6.12. The lowest BCUT2D eigenvalue weighted by Crippen LogP contribution is -2.34. The van der Waals surface area contributed by atoms with E-state index in [0.29, 0.717) is 6.42 Å². The van der Waals surface area contributed by atoms with Crippen LogP contribution in [0.15, 0.2) is 0 Å². The maximum absolute atomic E-state index is 11.9. The number of carbonyl (C=O) groups is 1. The number of ether oxygens (including phenoxy) is 1. The Labute approximate surface area is 96.2 Å². The first-order chi connectivity index (χ1) is 7.81. The first kappa shape index (κ1) is 11.4. The molecular weight excluding hydrogens is 204 g/mol. The van der Waals surface area contributed by atoms with Gasteiger partial charge < -0.3 is 9.64 Å². The molecule has 0 aliphatic carbocycles. The lowest BCUT2D eigenvalue weighted by atomic mass is 10.1. The molecule has 0 N–H and O–H groups in total. The van der Waals surface area contributed by atoms with Crippen LogP contribution >= 0.6 is 0 Å². The minimum Gasteiger partial charge on any atom is -0.378 e. The minimum atomic E-state index is -0.183. The number of rotatable bonds is 3. The molecule has 0 aromatic rings. The zero-order valence-corrected chi connectivity index (χ0v) is 9.52. The van der Waals surface area contributed by atoms with Crippen LogP contribution in [0.1, 0.15) is 38.5 Å². The Morgan fingerprint density at radius 2 is 2.31 bits per heavy atom. The Kier molecular flexibility index (Phi) is 3.79. The molecule has 2 rings (SSSR count). The third-order valence-electron chi connectivity index (χ3n) is 3.43. The number of hydrogen-bond donors (Lipinski definition) is 0. The molecule has 2 unspecified atom stereocenters. The Morgan fingerprint density at radius 3 is 3.00 bits per heavy atom. The number of likely N-dealkylation sites (tertiary alicyclic amines) is 1. The molecule has 88 valence electrons.